The maximum Gasteiger partial charge on any atom is 0.233 e. The molecule has 0 aliphatic heterocycles. The molecule has 3 rings (SSSR count). The van der Waals surface area contributed by atoms with Crippen LogP contribution in [0.3, 0.4) is 0 Å². The van der Waals surface area contributed by atoms with Crippen LogP contribution < -0.4 is 0 Å². The van der Waals surface area contributed by atoms with Gasteiger partial charge in [-0.15, -0.1) is 0 Å². The molecule has 0 fully saturated rings. The van der Waals surface area contributed by atoms with E-state index < -0.39 is 0 Å². The fraction of sp³-hybridized carbons (Fsp3) is 0.261. The Morgan fingerprint density at radius 3 is 1.75 bits per heavy atom. The van der Waals surface area contributed by atoms with E-state index in [2.05, 4.69) is 9.97 Å². The van der Waals surface area contributed by atoms with Crippen LogP contribution in [0.2, 0.25) is 0 Å². The van der Waals surface area contributed by atoms with Gasteiger partial charge in [0.05, 0.1) is 5.75 Å². The standard InChI is InChI=1S/C23H25N3OS/c1-17-18(2)24-23(25-19(17)3)28-16-22(27)26(14-20-10-6-4-7-11-20)15-21-12-8-5-9-13-21/h4-13H,14-16H2,1-3H3. The Hall–Kier alpha value is -2.66. The molecule has 28 heavy (non-hydrogen) atoms. The number of carbonyl (C=O) groups excluding carboxylic acids is 1. The van der Waals surface area contributed by atoms with Gasteiger partial charge < -0.3 is 4.90 Å². The predicted octanol–water partition coefficient (Wildman–Crippen LogP) is 4.72. The van der Waals surface area contributed by atoms with Gasteiger partial charge in [0.25, 0.3) is 0 Å². The fourth-order valence-electron chi connectivity index (χ4n) is 2.86. The molecular formula is C23H25N3OS. The van der Waals surface area contributed by atoms with Crippen molar-refractivity contribution >= 4 is 17.7 Å². The highest BCUT2D eigenvalue weighted by Crippen LogP contribution is 2.19. The summed E-state index contributed by atoms with van der Waals surface area (Å²) in [7, 11) is 0. The third-order valence-corrected chi connectivity index (χ3v) is 5.55. The van der Waals surface area contributed by atoms with Gasteiger partial charge in [-0.25, -0.2) is 9.97 Å². The Morgan fingerprint density at radius 2 is 1.29 bits per heavy atom. The Bertz CT molecular complexity index is 865. The molecule has 1 aromatic heterocycles. The molecule has 144 valence electrons. The number of rotatable bonds is 7. The number of carbonyl (C=O) groups is 1. The lowest BCUT2D eigenvalue weighted by Crippen LogP contribution is -2.31. The van der Waals surface area contributed by atoms with Crippen molar-refractivity contribution in [3.8, 4) is 0 Å². The summed E-state index contributed by atoms with van der Waals surface area (Å²) in [6, 6.07) is 20.2. The average molecular weight is 392 g/mol. The van der Waals surface area contributed by atoms with Crippen LogP contribution in [0.1, 0.15) is 28.1 Å². The zero-order valence-corrected chi connectivity index (χ0v) is 17.4. The molecule has 1 heterocycles. The zero-order chi connectivity index (χ0) is 19.9. The second kappa shape index (κ2) is 9.51. The molecule has 0 bridgehead atoms. The Balaban J connectivity index is 1.72. The first kappa shape index (κ1) is 20.1. The third-order valence-electron chi connectivity index (χ3n) is 4.72. The second-order valence-corrected chi connectivity index (χ2v) is 7.75. The maximum absolute atomic E-state index is 13.0. The van der Waals surface area contributed by atoms with E-state index in [-0.39, 0.29) is 5.91 Å². The molecule has 2 aromatic carbocycles. The van der Waals surface area contributed by atoms with E-state index in [1.54, 1.807) is 0 Å². The maximum atomic E-state index is 13.0. The lowest BCUT2D eigenvalue weighted by atomic mass is 10.1. The van der Waals surface area contributed by atoms with Crippen LogP contribution in [-0.4, -0.2) is 26.5 Å². The van der Waals surface area contributed by atoms with Gasteiger partial charge in [-0.2, -0.15) is 0 Å². The van der Waals surface area contributed by atoms with Crippen LogP contribution in [0, 0.1) is 20.8 Å². The fourth-order valence-corrected chi connectivity index (χ4v) is 3.70. The molecule has 0 saturated heterocycles. The van der Waals surface area contributed by atoms with Crippen LogP contribution in [0.25, 0.3) is 0 Å². The first-order valence-electron chi connectivity index (χ1n) is 9.33. The number of benzene rings is 2. The quantitative estimate of drug-likeness (QED) is 0.432. The zero-order valence-electron chi connectivity index (χ0n) is 16.6. The normalized spacial score (nSPS) is 10.7. The van der Waals surface area contributed by atoms with Crippen molar-refractivity contribution in [3.05, 3.63) is 88.7 Å². The average Bonchev–Trinajstić information content (AvgIpc) is 2.71. The lowest BCUT2D eigenvalue weighted by molar-refractivity contribution is -0.129. The molecular weight excluding hydrogens is 366 g/mol. The van der Waals surface area contributed by atoms with Crippen molar-refractivity contribution in [1.82, 2.24) is 14.9 Å². The number of nitrogens with zero attached hydrogens (tertiary/aromatic N) is 3. The van der Waals surface area contributed by atoms with Crippen LogP contribution in [0.5, 0.6) is 0 Å². The van der Waals surface area contributed by atoms with E-state index in [4.69, 9.17) is 0 Å². The summed E-state index contributed by atoms with van der Waals surface area (Å²) in [5, 5.41) is 0.660. The first-order chi connectivity index (χ1) is 13.5. The first-order valence-corrected chi connectivity index (χ1v) is 10.3. The molecule has 0 saturated carbocycles. The summed E-state index contributed by atoms with van der Waals surface area (Å²) in [6.45, 7) is 7.15. The highest BCUT2D eigenvalue weighted by atomic mass is 32.2. The predicted molar refractivity (Wildman–Crippen MR) is 114 cm³/mol. The van der Waals surface area contributed by atoms with Crippen molar-refractivity contribution in [2.75, 3.05) is 5.75 Å². The summed E-state index contributed by atoms with van der Waals surface area (Å²) in [6.07, 6.45) is 0. The van der Waals surface area contributed by atoms with Crippen molar-refractivity contribution in [2.45, 2.75) is 39.0 Å². The smallest absolute Gasteiger partial charge is 0.233 e. The molecule has 0 N–H and O–H groups in total. The van der Waals surface area contributed by atoms with Gasteiger partial charge >= 0.3 is 0 Å². The molecule has 0 unspecified atom stereocenters. The van der Waals surface area contributed by atoms with Gasteiger partial charge in [-0.3, -0.25) is 4.79 Å². The van der Waals surface area contributed by atoms with Crippen LogP contribution in [-0.2, 0) is 17.9 Å². The van der Waals surface area contributed by atoms with E-state index in [9.17, 15) is 4.79 Å². The minimum Gasteiger partial charge on any atom is -0.333 e. The summed E-state index contributed by atoms with van der Waals surface area (Å²) in [5.74, 6) is 0.402. The molecule has 0 aliphatic rings. The van der Waals surface area contributed by atoms with Gasteiger partial charge in [-0.05, 0) is 37.5 Å². The Morgan fingerprint density at radius 1 is 0.821 bits per heavy atom. The molecule has 0 aliphatic carbocycles. The summed E-state index contributed by atoms with van der Waals surface area (Å²) in [4.78, 5) is 23.9. The largest absolute Gasteiger partial charge is 0.333 e. The molecule has 0 radical (unpaired) electrons. The third kappa shape index (κ3) is 5.42. The van der Waals surface area contributed by atoms with Crippen molar-refractivity contribution in [2.24, 2.45) is 0 Å². The topological polar surface area (TPSA) is 46.1 Å². The minimum absolute atomic E-state index is 0.0807. The number of hydrogen-bond donors (Lipinski definition) is 0. The molecule has 1 amide bonds. The van der Waals surface area contributed by atoms with Crippen molar-refractivity contribution in [3.63, 3.8) is 0 Å². The minimum atomic E-state index is 0.0807. The Labute approximate surface area is 171 Å². The number of thioether (sulfide) groups is 1. The van der Waals surface area contributed by atoms with Gasteiger partial charge in [0.15, 0.2) is 5.16 Å². The summed E-state index contributed by atoms with van der Waals surface area (Å²) >= 11 is 1.40. The van der Waals surface area contributed by atoms with Crippen LogP contribution in [0.15, 0.2) is 65.8 Å². The SMILES string of the molecule is Cc1nc(SCC(=O)N(Cc2ccccc2)Cc2ccccc2)nc(C)c1C. The van der Waals surface area contributed by atoms with E-state index in [0.717, 1.165) is 28.1 Å². The number of amides is 1. The van der Waals surface area contributed by atoms with Crippen LogP contribution >= 0.6 is 11.8 Å². The van der Waals surface area contributed by atoms with Crippen molar-refractivity contribution < 1.29 is 4.79 Å². The Kier molecular flexibility index (Phi) is 6.82. The van der Waals surface area contributed by atoms with Gasteiger partial charge in [-0.1, -0.05) is 72.4 Å². The monoisotopic (exact) mass is 391 g/mol. The van der Waals surface area contributed by atoms with E-state index in [1.165, 1.54) is 11.8 Å². The summed E-state index contributed by atoms with van der Waals surface area (Å²) in [5.41, 5.74) is 5.27. The molecule has 4 nitrogen and oxygen atoms in total. The highest BCUT2D eigenvalue weighted by Gasteiger charge is 2.16. The molecule has 0 spiro atoms. The van der Waals surface area contributed by atoms with Crippen LogP contribution in [0.4, 0.5) is 0 Å². The van der Waals surface area contributed by atoms with Gasteiger partial charge in [0, 0.05) is 24.5 Å². The lowest BCUT2D eigenvalue weighted by Gasteiger charge is -2.23. The molecule has 5 heteroatoms. The van der Waals surface area contributed by atoms with E-state index in [1.807, 2.05) is 86.3 Å². The molecule has 3 aromatic rings. The van der Waals surface area contributed by atoms with E-state index >= 15 is 0 Å². The van der Waals surface area contributed by atoms with Crippen molar-refractivity contribution in [1.29, 1.82) is 0 Å². The number of aryl methyl sites for hydroxylation is 2. The second-order valence-electron chi connectivity index (χ2n) is 6.81. The van der Waals surface area contributed by atoms with Gasteiger partial charge in [0.1, 0.15) is 0 Å². The molecule has 0 atom stereocenters. The van der Waals surface area contributed by atoms with E-state index in [0.29, 0.717) is 24.0 Å². The highest BCUT2D eigenvalue weighted by molar-refractivity contribution is 7.99. The number of aromatic nitrogens is 2. The summed E-state index contributed by atoms with van der Waals surface area (Å²) < 4.78 is 0. The van der Waals surface area contributed by atoms with Gasteiger partial charge in [0.2, 0.25) is 5.91 Å². The number of hydrogen-bond acceptors (Lipinski definition) is 4.